The zero-order valence-corrected chi connectivity index (χ0v) is 17.5. The number of amides is 1. The fourth-order valence-corrected chi connectivity index (χ4v) is 2.71. The molecule has 8 heteroatoms. The van der Waals surface area contributed by atoms with Gasteiger partial charge < -0.3 is 14.2 Å². The first kappa shape index (κ1) is 22.5. The molecule has 3 aromatic rings. The molecular formula is C24H21FN2O5. The lowest BCUT2D eigenvalue weighted by Gasteiger charge is -2.11. The van der Waals surface area contributed by atoms with Crippen LogP contribution in [0, 0.1) is 5.82 Å². The highest BCUT2D eigenvalue weighted by Crippen LogP contribution is 2.29. The Labute approximate surface area is 184 Å². The third-order valence-corrected chi connectivity index (χ3v) is 4.29. The van der Waals surface area contributed by atoms with Crippen molar-refractivity contribution in [3.63, 3.8) is 0 Å². The lowest BCUT2D eigenvalue weighted by atomic mass is 10.2. The molecule has 0 bridgehead atoms. The first-order chi connectivity index (χ1) is 15.5. The number of carbonyl (C=O) groups excluding carboxylic acids is 2. The highest BCUT2D eigenvalue weighted by Gasteiger charge is 2.14. The summed E-state index contributed by atoms with van der Waals surface area (Å²) in [7, 11) is 1.54. The summed E-state index contributed by atoms with van der Waals surface area (Å²) in [5.41, 5.74) is 3.09. The smallest absolute Gasteiger partial charge is 0.343 e. The second-order valence-electron chi connectivity index (χ2n) is 6.44. The minimum absolute atomic E-state index is 0.111. The normalized spacial score (nSPS) is 10.6. The van der Waals surface area contributed by atoms with Crippen molar-refractivity contribution in [2.24, 2.45) is 5.10 Å². The molecule has 0 spiro atoms. The zero-order valence-electron chi connectivity index (χ0n) is 17.5. The number of carbonyl (C=O) groups is 2. The van der Waals surface area contributed by atoms with Gasteiger partial charge in [-0.2, -0.15) is 5.10 Å². The molecule has 3 rings (SSSR count). The Morgan fingerprint density at radius 2 is 1.78 bits per heavy atom. The molecule has 0 aromatic heterocycles. The van der Waals surface area contributed by atoms with Crippen LogP contribution in [0.25, 0.3) is 0 Å². The molecule has 0 unspecified atom stereocenters. The standard InChI is InChI=1S/C24H21FN2O5/c1-3-31-22-14-16(15-26-27-23(28)19-6-4-5-7-20(19)25)8-13-21(22)32-24(29)17-9-11-18(30-2)12-10-17/h4-15H,3H2,1-2H3,(H,27,28). The summed E-state index contributed by atoms with van der Waals surface area (Å²) < 4.78 is 29.8. The van der Waals surface area contributed by atoms with Gasteiger partial charge in [-0.25, -0.2) is 14.6 Å². The van der Waals surface area contributed by atoms with Crippen molar-refractivity contribution in [1.29, 1.82) is 0 Å². The molecule has 1 amide bonds. The predicted octanol–water partition coefficient (Wildman–Crippen LogP) is 4.22. The molecular weight excluding hydrogens is 415 g/mol. The Bertz CT molecular complexity index is 1130. The Morgan fingerprint density at radius 1 is 1.03 bits per heavy atom. The van der Waals surface area contributed by atoms with Gasteiger partial charge in [-0.05, 0) is 67.1 Å². The summed E-state index contributed by atoms with van der Waals surface area (Å²) in [6.45, 7) is 2.14. The minimum Gasteiger partial charge on any atom is -0.497 e. The number of hydrogen-bond donors (Lipinski definition) is 1. The highest BCUT2D eigenvalue weighted by atomic mass is 19.1. The van der Waals surface area contributed by atoms with Crippen LogP contribution < -0.4 is 19.6 Å². The average molecular weight is 436 g/mol. The Hall–Kier alpha value is -4.20. The van der Waals surface area contributed by atoms with Crippen LogP contribution in [0.2, 0.25) is 0 Å². The summed E-state index contributed by atoms with van der Waals surface area (Å²) in [4.78, 5) is 24.5. The van der Waals surface area contributed by atoms with Gasteiger partial charge >= 0.3 is 5.97 Å². The maximum absolute atomic E-state index is 13.7. The molecule has 0 aliphatic carbocycles. The second-order valence-corrected chi connectivity index (χ2v) is 6.44. The average Bonchev–Trinajstić information content (AvgIpc) is 2.81. The monoisotopic (exact) mass is 436 g/mol. The van der Waals surface area contributed by atoms with E-state index in [4.69, 9.17) is 14.2 Å². The van der Waals surface area contributed by atoms with Gasteiger partial charge in [-0.1, -0.05) is 12.1 Å². The van der Waals surface area contributed by atoms with Crippen LogP contribution in [0.4, 0.5) is 4.39 Å². The Morgan fingerprint density at radius 3 is 2.47 bits per heavy atom. The number of benzene rings is 3. The number of hydrogen-bond acceptors (Lipinski definition) is 6. The second kappa shape index (κ2) is 10.7. The van der Waals surface area contributed by atoms with E-state index < -0.39 is 17.7 Å². The van der Waals surface area contributed by atoms with E-state index in [0.29, 0.717) is 29.2 Å². The van der Waals surface area contributed by atoms with E-state index in [2.05, 4.69) is 10.5 Å². The van der Waals surface area contributed by atoms with Crippen LogP contribution in [0.15, 0.2) is 71.8 Å². The van der Waals surface area contributed by atoms with Crippen LogP contribution in [0.1, 0.15) is 33.2 Å². The SMILES string of the molecule is CCOc1cc(C=NNC(=O)c2ccccc2F)ccc1OC(=O)c1ccc(OC)cc1. The molecule has 0 aliphatic heterocycles. The number of esters is 1. The number of rotatable bonds is 8. The third kappa shape index (κ3) is 5.69. The van der Waals surface area contributed by atoms with Gasteiger partial charge in [0, 0.05) is 0 Å². The maximum Gasteiger partial charge on any atom is 0.343 e. The molecule has 0 atom stereocenters. The summed E-state index contributed by atoms with van der Waals surface area (Å²) >= 11 is 0. The van der Waals surface area contributed by atoms with Gasteiger partial charge in [-0.15, -0.1) is 0 Å². The summed E-state index contributed by atoms with van der Waals surface area (Å²) in [5.74, 6) is -0.662. The van der Waals surface area contributed by atoms with E-state index in [1.54, 1.807) is 55.5 Å². The molecule has 0 saturated heterocycles. The maximum atomic E-state index is 13.7. The number of nitrogens with one attached hydrogen (secondary N) is 1. The number of ether oxygens (including phenoxy) is 3. The lowest BCUT2D eigenvalue weighted by molar-refractivity contribution is 0.0728. The quantitative estimate of drug-likeness (QED) is 0.247. The lowest BCUT2D eigenvalue weighted by Crippen LogP contribution is -2.18. The van der Waals surface area contributed by atoms with Crippen molar-refractivity contribution < 1.29 is 28.2 Å². The fraction of sp³-hybridized carbons (Fsp3) is 0.125. The molecule has 0 saturated carbocycles. The molecule has 32 heavy (non-hydrogen) atoms. The van der Waals surface area contributed by atoms with Crippen molar-refractivity contribution in [3.05, 3.63) is 89.2 Å². The van der Waals surface area contributed by atoms with Crippen molar-refractivity contribution in [1.82, 2.24) is 5.43 Å². The van der Waals surface area contributed by atoms with Crippen LogP contribution in [-0.2, 0) is 0 Å². The topological polar surface area (TPSA) is 86.2 Å². The van der Waals surface area contributed by atoms with Gasteiger partial charge in [0.05, 0.1) is 31.1 Å². The number of hydrazone groups is 1. The van der Waals surface area contributed by atoms with Gasteiger partial charge in [-0.3, -0.25) is 4.79 Å². The minimum atomic E-state index is -0.672. The van der Waals surface area contributed by atoms with Gasteiger partial charge in [0.1, 0.15) is 11.6 Å². The molecule has 0 heterocycles. The van der Waals surface area contributed by atoms with Crippen LogP contribution >= 0.6 is 0 Å². The molecule has 0 fully saturated rings. The molecule has 7 nitrogen and oxygen atoms in total. The Kier molecular flexibility index (Phi) is 7.53. The summed E-state index contributed by atoms with van der Waals surface area (Å²) in [6.07, 6.45) is 1.37. The number of methoxy groups -OCH3 is 1. The zero-order chi connectivity index (χ0) is 22.9. The van der Waals surface area contributed by atoms with E-state index >= 15 is 0 Å². The van der Waals surface area contributed by atoms with Crippen LogP contribution in [-0.4, -0.2) is 31.8 Å². The van der Waals surface area contributed by atoms with Crippen molar-refractivity contribution in [3.8, 4) is 17.2 Å². The van der Waals surface area contributed by atoms with Gasteiger partial charge in [0.25, 0.3) is 5.91 Å². The number of nitrogens with zero attached hydrogens (tertiary/aromatic N) is 1. The third-order valence-electron chi connectivity index (χ3n) is 4.29. The van der Waals surface area contributed by atoms with E-state index in [1.165, 1.54) is 31.5 Å². The van der Waals surface area contributed by atoms with Gasteiger partial charge in [0.15, 0.2) is 11.5 Å². The van der Waals surface area contributed by atoms with Crippen molar-refractivity contribution in [2.45, 2.75) is 6.92 Å². The van der Waals surface area contributed by atoms with E-state index in [9.17, 15) is 14.0 Å². The first-order valence-corrected chi connectivity index (χ1v) is 9.72. The van der Waals surface area contributed by atoms with E-state index in [-0.39, 0.29) is 11.3 Å². The van der Waals surface area contributed by atoms with Crippen molar-refractivity contribution in [2.75, 3.05) is 13.7 Å². The molecule has 3 aromatic carbocycles. The number of halogens is 1. The van der Waals surface area contributed by atoms with Crippen molar-refractivity contribution >= 4 is 18.1 Å². The molecule has 164 valence electrons. The molecule has 1 N–H and O–H groups in total. The highest BCUT2D eigenvalue weighted by molar-refractivity contribution is 5.95. The largest absolute Gasteiger partial charge is 0.497 e. The van der Waals surface area contributed by atoms with E-state index in [1.807, 2.05) is 0 Å². The Balaban J connectivity index is 1.70. The van der Waals surface area contributed by atoms with Gasteiger partial charge in [0.2, 0.25) is 0 Å². The fourth-order valence-electron chi connectivity index (χ4n) is 2.71. The predicted molar refractivity (Wildman–Crippen MR) is 117 cm³/mol. The molecule has 0 radical (unpaired) electrons. The summed E-state index contributed by atoms with van der Waals surface area (Å²) in [6, 6.07) is 16.9. The van der Waals surface area contributed by atoms with Crippen LogP contribution in [0.3, 0.4) is 0 Å². The summed E-state index contributed by atoms with van der Waals surface area (Å²) in [5, 5.41) is 3.85. The first-order valence-electron chi connectivity index (χ1n) is 9.72. The molecule has 0 aliphatic rings. The van der Waals surface area contributed by atoms with Crippen LogP contribution in [0.5, 0.6) is 17.2 Å². The van der Waals surface area contributed by atoms with E-state index in [0.717, 1.165) is 0 Å².